The van der Waals surface area contributed by atoms with Crippen LogP contribution in [0.25, 0.3) is 43.8 Å². The monoisotopic (exact) mass is 325 g/mol. The minimum Gasteiger partial charge on any atom is -0.508 e. The SMILES string of the molecule is C[n+]1c2ccccc2c(-c2c[nH]c3ccc(O)cc23)c2ccccc21. The Kier molecular flexibility index (Phi) is 2.86. The lowest BCUT2D eigenvalue weighted by molar-refractivity contribution is -0.617. The van der Waals surface area contributed by atoms with E-state index >= 15 is 0 Å². The first-order valence-electron chi connectivity index (χ1n) is 8.34. The molecule has 2 heterocycles. The average molecular weight is 325 g/mol. The normalized spacial score (nSPS) is 11.6. The number of hydrogen-bond donors (Lipinski definition) is 2. The molecule has 0 radical (unpaired) electrons. The van der Waals surface area contributed by atoms with Crippen LogP contribution in [-0.4, -0.2) is 10.1 Å². The molecule has 2 N–H and O–H groups in total. The summed E-state index contributed by atoms with van der Waals surface area (Å²) in [4.78, 5) is 3.34. The van der Waals surface area contributed by atoms with E-state index in [9.17, 15) is 5.11 Å². The standard InChI is InChI=1S/C22H16N2O/c1-24-20-8-4-2-6-15(20)22(16-7-3-5-9-21(16)24)18-13-23-19-11-10-14(25)12-17(18)19/h2-13,25H,1H3/p+1. The van der Waals surface area contributed by atoms with Crippen molar-refractivity contribution >= 4 is 32.7 Å². The molecule has 0 unspecified atom stereocenters. The number of phenolic OH excluding ortho intramolecular Hbond substituents is 1. The van der Waals surface area contributed by atoms with Crippen LogP contribution in [0.5, 0.6) is 5.75 Å². The maximum Gasteiger partial charge on any atom is 0.213 e. The van der Waals surface area contributed by atoms with Crippen molar-refractivity contribution in [2.75, 3.05) is 0 Å². The molecule has 3 heteroatoms. The van der Waals surface area contributed by atoms with Gasteiger partial charge in [0.25, 0.3) is 0 Å². The maximum atomic E-state index is 9.97. The topological polar surface area (TPSA) is 39.9 Å². The molecule has 0 saturated carbocycles. The molecule has 3 nitrogen and oxygen atoms in total. The Hall–Kier alpha value is -3.33. The molecule has 3 aromatic carbocycles. The Bertz CT molecular complexity index is 1210. The van der Waals surface area contributed by atoms with Crippen LogP contribution in [-0.2, 0) is 7.05 Å². The molecule has 0 spiro atoms. The molecule has 0 fully saturated rings. The molecular weight excluding hydrogens is 308 g/mol. The number of para-hydroxylation sites is 2. The second-order valence-electron chi connectivity index (χ2n) is 6.40. The van der Waals surface area contributed by atoms with E-state index in [-0.39, 0.29) is 5.75 Å². The second kappa shape index (κ2) is 5.08. The van der Waals surface area contributed by atoms with Gasteiger partial charge in [-0.1, -0.05) is 24.3 Å². The maximum absolute atomic E-state index is 9.97. The zero-order chi connectivity index (χ0) is 17.0. The molecule has 5 rings (SSSR count). The van der Waals surface area contributed by atoms with Crippen LogP contribution in [0.3, 0.4) is 0 Å². The van der Waals surface area contributed by atoms with E-state index in [0.717, 1.165) is 16.5 Å². The average Bonchev–Trinajstić information content (AvgIpc) is 3.05. The van der Waals surface area contributed by atoms with Crippen molar-refractivity contribution < 1.29 is 9.67 Å². The molecule has 0 aliphatic rings. The van der Waals surface area contributed by atoms with Gasteiger partial charge in [0, 0.05) is 40.4 Å². The summed E-state index contributed by atoms with van der Waals surface area (Å²) in [5.41, 5.74) is 5.70. The lowest BCUT2D eigenvalue weighted by Crippen LogP contribution is -2.30. The molecule has 0 aliphatic carbocycles. The number of hydrogen-bond acceptors (Lipinski definition) is 1. The molecular formula is C22H17N2O+. The highest BCUT2D eigenvalue weighted by molar-refractivity contribution is 6.12. The van der Waals surface area contributed by atoms with E-state index in [2.05, 4.69) is 65.1 Å². The molecule has 120 valence electrons. The first kappa shape index (κ1) is 14.1. The molecule has 0 bridgehead atoms. The third-order valence-electron chi connectivity index (χ3n) is 5.00. The smallest absolute Gasteiger partial charge is 0.213 e. The number of rotatable bonds is 1. The number of aromatic hydroxyl groups is 1. The van der Waals surface area contributed by atoms with Crippen molar-refractivity contribution in [2.45, 2.75) is 0 Å². The van der Waals surface area contributed by atoms with Gasteiger partial charge in [-0.25, -0.2) is 0 Å². The molecule has 0 amide bonds. The van der Waals surface area contributed by atoms with Gasteiger partial charge in [-0.3, -0.25) is 0 Å². The Morgan fingerprint density at radius 3 is 2.12 bits per heavy atom. The first-order chi connectivity index (χ1) is 12.2. The van der Waals surface area contributed by atoms with Gasteiger partial charge < -0.3 is 10.1 Å². The fraction of sp³-hybridized carbons (Fsp3) is 0.0455. The third kappa shape index (κ3) is 1.96. The molecule has 0 saturated heterocycles. The first-order valence-corrected chi connectivity index (χ1v) is 8.34. The van der Waals surface area contributed by atoms with Gasteiger partial charge in [0.05, 0.1) is 10.8 Å². The predicted octanol–water partition coefficient (Wildman–Crippen LogP) is 4.67. The van der Waals surface area contributed by atoms with Crippen molar-refractivity contribution in [3.8, 4) is 16.9 Å². The summed E-state index contributed by atoms with van der Waals surface area (Å²) < 4.78 is 2.24. The summed E-state index contributed by atoms with van der Waals surface area (Å²) in [7, 11) is 2.11. The van der Waals surface area contributed by atoms with Gasteiger partial charge in [-0.2, -0.15) is 4.57 Å². The van der Waals surface area contributed by atoms with Crippen molar-refractivity contribution in [1.29, 1.82) is 0 Å². The van der Waals surface area contributed by atoms with E-state index in [0.29, 0.717) is 0 Å². The minimum absolute atomic E-state index is 0.281. The van der Waals surface area contributed by atoms with Crippen molar-refractivity contribution in [3.05, 3.63) is 72.9 Å². The Morgan fingerprint density at radius 1 is 0.800 bits per heavy atom. The van der Waals surface area contributed by atoms with Gasteiger partial charge in [0.2, 0.25) is 11.0 Å². The van der Waals surface area contributed by atoms with Gasteiger partial charge in [-0.05, 0) is 30.3 Å². The summed E-state index contributed by atoms with van der Waals surface area (Å²) >= 11 is 0. The third-order valence-corrected chi connectivity index (χ3v) is 5.00. The number of aryl methyl sites for hydroxylation is 1. The zero-order valence-corrected chi connectivity index (χ0v) is 13.8. The quantitative estimate of drug-likeness (QED) is 0.341. The van der Waals surface area contributed by atoms with Crippen molar-refractivity contribution in [3.63, 3.8) is 0 Å². The lowest BCUT2D eigenvalue weighted by Gasteiger charge is -2.10. The second-order valence-corrected chi connectivity index (χ2v) is 6.40. The Labute approximate surface area is 144 Å². The highest BCUT2D eigenvalue weighted by atomic mass is 16.3. The number of aromatic nitrogens is 2. The van der Waals surface area contributed by atoms with Crippen LogP contribution < -0.4 is 4.57 Å². The number of aromatic amines is 1. The minimum atomic E-state index is 0.281. The zero-order valence-electron chi connectivity index (χ0n) is 13.8. The van der Waals surface area contributed by atoms with E-state index in [4.69, 9.17) is 0 Å². The molecule has 5 aromatic rings. The number of pyridine rings is 1. The fourth-order valence-electron chi connectivity index (χ4n) is 3.84. The fourth-order valence-corrected chi connectivity index (χ4v) is 3.84. The van der Waals surface area contributed by atoms with E-state index in [1.54, 1.807) is 6.07 Å². The van der Waals surface area contributed by atoms with E-state index < -0.39 is 0 Å². The summed E-state index contributed by atoms with van der Waals surface area (Å²) in [5.74, 6) is 0.281. The van der Waals surface area contributed by atoms with Gasteiger partial charge in [0.1, 0.15) is 12.8 Å². The van der Waals surface area contributed by atoms with Crippen LogP contribution in [0.15, 0.2) is 72.9 Å². The number of fused-ring (bicyclic) bond motifs is 3. The highest BCUT2D eigenvalue weighted by Crippen LogP contribution is 2.38. The summed E-state index contributed by atoms with van der Waals surface area (Å²) in [6.45, 7) is 0. The Balaban J connectivity index is 2.03. The van der Waals surface area contributed by atoms with E-state index in [1.807, 2.05) is 18.3 Å². The highest BCUT2D eigenvalue weighted by Gasteiger charge is 2.20. The molecule has 25 heavy (non-hydrogen) atoms. The number of nitrogens with zero attached hydrogens (tertiary/aromatic N) is 1. The van der Waals surface area contributed by atoms with Crippen LogP contribution >= 0.6 is 0 Å². The number of benzene rings is 3. The van der Waals surface area contributed by atoms with Crippen LogP contribution in [0, 0.1) is 0 Å². The van der Waals surface area contributed by atoms with Crippen LogP contribution in [0.4, 0.5) is 0 Å². The number of nitrogens with one attached hydrogen (secondary N) is 1. The Morgan fingerprint density at radius 2 is 1.44 bits per heavy atom. The van der Waals surface area contributed by atoms with E-state index in [1.165, 1.54) is 27.4 Å². The lowest BCUT2D eigenvalue weighted by atomic mass is 9.95. The molecule has 0 atom stereocenters. The number of H-pyrrole nitrogens is 1. The number of phenols is 1. The van der Waals surface area contributed by atoms with Crippen molar-refractivity contribution in [1.82, 2.24) is 4.98 Å². The molecule has 0 aliphatic heterocycles. The van der Waals surface area contributed by atoms with Crippen LogP contribution in [0.1, 0.15) is 0 Å². The molecule has 2 aromatic heterocycles. The summed E-state index contributed by atoms with van der Waals surface area (Å²) in [6, 6.07) is 22.4. The largest absolute Gasteiger partial charge is 0.508 e. The van der Waals surface area contributed by atoms with Gasteiger partial charge in [-0.15, -0.1) is 0 Å². The summed E-state index contributed by atoms with van der Waals surface area (Å²) in [6.07, 6.45) is 2.04. The van der Waals surface area contributed by atoms with Crippen molar-refractivity contribution in [2.24, 2.45) is 7.05 Å². The predicted molar refractivity (Wildman–Crippen MR) is 102 cm³/mol. The van der Waals surface area contributed by atoms with Gasteiger partial charge in [0.15, 0.2) is 0 Å². The summed E-state index contributed by atoms with van der Waals surface area (Å²) in [5, 5.41) is 13.4. The van der Waals surface area contributed by atoms with Crippen LogP contribution in [0.2, 0.25) is 0 Å². The van der Waals surface area contributed by atoms with Gasteiger partial charge >= 0.3 is 0 Å².